The molecule has 0 atom stereocenters. The van der Waals surface area contributed by atoms with Crippen molar-refractivity contribution in [2.24, 2.45) is 0 Å². The van der Waals surface area contributed by atoms with Crippen molar-refractivity contribution in [3.63, 3.8) is 0 Å². The number of nitrogens with zero attached hydrogens (tertiary/aromatic N) is 3. The smallest absolute Gasteiger partial charge is 0.248 e. The Hall–Kier alpha value is -2.40. The van der Waals surface area contributed by atoms with Crippen LogP contribution >= 0.6 is 0 Å². The van der Waals surface area contributed by atoms with E-state index >= 15 is 0 Å². The molecule has 0 radical (unpaired) electrons. The predicted molar refractivity (Wildman–Crippen MR) is 143 cm³/mol. The second kappa shape index (κ2) is 12.4. The van der Waals surface area contributed by atoms with E-state index < -0.39 is 15.6 Å². The number of likely N-dealkylation sites (N-methyl/N-ethyl adjacent to an activating group) is 2. The average Bonchev–Trinajstić information content (AvgIpc) is 2.85. The number of allylic oxidation sites excluding steroid dienone is 2. The molecule has 1 fully saturated rings. The molecule has 10 heteroatoms. The number of carbonyl (C=O) groups excluding carboxylic acids is 1. The van der Waals surface area contributed by atoms with Crippen LogP contribution in [0.4, 0.5) is 0 Å². The number of hydrogen-bond acceptors (Lipinski definition) is 7. The first-order valence-electron chi connectivity index (χ1n) is 12.7. The highest BCUT2D eigenvalue weighted by Crippen LogP contribution is 2.30. The number of aliphatic hydroxyl groups is 1. The summed E-state index contributed by atoms with van der Waals surface area (Å²) in [6.45, 7) is 5.47. The lowest BCUT2D eigenvalue weighted by molar-refractivity contribution is -0.140. The third-order valence-electron chi connectivity index (χ3n) is 7.15. The first-order chi connectivity index (χ1) is 17.4. The zero-order valence-electron chi connectivity index (χ0n) is 22.7. The van der Waals surface area contributed by atoms with Crippen LogP contribution in [0.1, 0.15) is 36.8 Å². The van der Waals surface area contributed by atoms with Crippen molar-refractivity contribution in [3.8, 4) is 5.75 Å². The highest BCUT2D eigenvalue weighted by molar-refractivity contribution is 7.89. The summed E-state index contributed by atoms with van der Waals surface area (Å²) >= 11 is 0. The molecule has 1 aromatic rings. The summed E-state index contributed by atoms with van der Waals surface area (Å²) in [6, 6.07) is 3.40. The van der Waals surface area contributed by atoms with Crippen LogP contribution in [-0.2, 0) is 19.6 Å². The van der Waals surface area contributed by atoms with Crippen LogP contribution in [0.15, 0.2) is 41.0 Å². The highest BCUT2D eigenvalue weighted by Gasteiger charge is 2.33. The van der Waals surface area contributed by atoms with Gasteiger partial charge in [-0.2, -0.15) is 4.31 Å². The summed E-state index contributed by atoms with van der Waals surface area (Å²) in [5.41, 5.74) is 1.67. The summed E-state index contributed by atoms with van der Waals surface area (Å²) in [5, 5.41) is 11.0. The second-order valence-corrected chi connectivity index (χ2v) is 12.1. The molecule has 2 aliphatic heterocycles. The summed E-state index contributed by atoms with van der Waals surface area (Å²) in [7, 11) is 1.37. The predicted octanol–water partition coefficient (Wildman–Crippen LogP) is 2.47. The van der Waals surface area contributed by atoms with E-state index in [1.165, 1.54) is 16.9 Å². The van der Waals surface area contributed by atoms with E-state index in [-0.39, 0.29) is 30.6 Å². The standard InChI is InChI=1S/C27H41N3O6S/c1-21-17-24(35-5)18-22(2)26(21)37(33,34)29(4)15-16-36-20-25(31)30-13-10-27(32,11-14-30)9-8-23-7-6-12-28(3)19-23/h6-7,17-19,32H,8-16,20H2,1-5H3. The van der Waals surface area contributed by atoms with Gasteiger partial charge >= 0.3 is 0 Å². The van der Waals surface area contributed by atoms with Gasteiger partial charge in [0, 0.05) is 46.5 Å². The molecule has 0 aromatic heterocycles. The zero-order valence-corrected chi connectivity index (χ0v) is 23.5. The summed E-state index contributed by atoms with van der Waals surface area (Å²) in [5.74, 6) is 0.468. The van der Waals surface area contributed by atoms with E-state index in [0.717, 1.165) is 13.0 Å². The number of sulfonamides is 1. The fraction of sp³-hybridized carbons (Fsp3) is 0.593. The molecular formula is C27H41N3O6S. The quantitative estimate of drug-likeness (QED) is 0.435. The van der Waals surface area contributed by atoms with E-state index in [4.69, 9.17) is 9.47 Å². The number of benzene rings is 1. The fourth-order valence-corrected chi connectivity index (χ4v) is 6.41. The maximum Gasteiger partial charge on any atom is 0.248 e. The Morgan fingerprint density at radius 3 is 2.43 bits per heavy atom. The van der Waals surface area contributed by atoms with Crippen molar-refractivity contribution >= 4 is 15.9 Å². The zero-order chi connectivity index (χ0) is 27.2. The van der Waals surface area contributed by atoms with Crippen LogP contribution in [0.3, 0.4) is 0 Å². The second-order valence-electron chi connectivity index (χ2n) is 10.1. The number of carbonyl (C=O) groups is 1. The van der Waals surface area contributed by atoms with Gasteiger partial charge in [0.25, 0.3) is 0 Å². The Morgan fingerprint density at radius 2 is 1.84 bits per heavy atom. The molecule has 1 amide bonds. The Balaban J connectivity index is 1.41. The number of hydrogen-bond donors (Lipinski definition) is 1. The van der Waals surface area contributed by atoms with E-state index in [1.807, 2.05) is 7.05 Å². The minimum absolute atomic E-state index is 0.102. The van der Waals surface area contributed by atoms with Crippen molar-refractivity contribution in [1.29, 1.82) is 0 Å². The van der Waals surface area contributed by atoms with Crippen molar-refractivity contribution < 1.29 is 27.8 Å². The molecule has 0 unspecified atom stereocenters. The van der Waals surface area contributed by atoms with Crippen LogP contribution in [0.25, 0.3) is 0 Å². The number of ether oxygens (including phenoxy) is 2. The van der Waals surface area contributed by atoms with Gasteiger partial charge in [-0.3, -0.25) is 4.79 Å². The highest BCUT2D eigenvalue weighted by atomic mass is 32.2. The maximum absolute atomic E-state index is 13.1. The van der Waals surface area contributed by atoms with Gasteiger partial charge in [-0.05, 0) is 68.4 Å². The van der Waals surface area contributed by atoms with Crippen molar-refractivity contribution in [1.82, 2.24) is 14.1 Å². The molecule has 0 spiro atoms. The number of aryl methyl sites for hydroxylation is 2. The van der Waals surface area contributed by atoms with Crippen LogP contribution in [0, 0.1) is 13.8 Å². The van der Waals surface area contributed by atoms with Crippen LogP contribution < -0.4 is 4.74 Å². The van der Waals surface area contributed by atoms with Crippen LogP contribution in [0.2, 0.25) is 0 Å². The van der Waals surface area contributed by atoms with Gasteiger partial charge in [-0.15, -0.1) is 0 Å². The van der Waals surface area contributed by atoms with Gasteiger partial charge < -0.3 is 24.4 Å². The Kier molecular flexibility index (Phi) is 9.80. The third kappa shape index (κ3) is 7.56. The lowest BCUT2D eigenvalue weighted by Crippen LogP contribution is -2.47. The number of likely N-dealkylation sites (tertiary alicyclic amines) is 1. The maximum atomic E-state index is 13.1. The monoisotopic (exact) mass is 535 g/mol. The molecular weight excluding hydrogens is 494 g/mol. The summed E-state index contributed by atoms with van der Waals surface area (Å²) in [6.07, 6.45) is 8.89. The molecule has 0 saturated carbocycles. The molecule has 2 heterocycles. The molecule has 0 aliphatic carbocycles. The average molecular weight is 536 g/mol. The summed E-state index contributed by atoms with van der Waals surface area (Å²) in [4.78, 5) is 16.7. The van der Waals surface area contributed by atoms with Crippen molar-refractivity contribution in [2.45, 2.75) is 50.0 Å². The molecule has 1 saturated heterocycles. The van der Waals surface area contributed by atoms with Gasteiger partial charge in [-0.1, -0.05) is 12.2 Å². The largest absolute Gasteiger partial charge is 0.497 e. The van der Waals surface area contributed by atoms with Gasteiger partial charge in [-0.25, -0.2) is 8.42 Å². The lowest BCUT2D eigenvalue weighted by Gasteiger charge is -2.38. The Morgan fingerprint density at radius 1 is 1.19 bits per heavy atom. The number of methoxy groups -OCH3 is 1. The lowest BCUT2D eigenvalue weighted by atomic mass is 9.85. The summed E-state index contributed by atoms with van der Waals surface area (Å²) < 4.78 is 38.2. The number of rotatable bonds is 11. The van der Waals surface area contributed by atoms with Gasteiger partial charge in [0.1, 0.15) is 12.4 Å². The van der Waals surface area contributed by atoms with Crippen molar-refractivity contribution in [3.05, 3.63) is 47.2 Å². The molecule has 9 nitrogen and oxygen atoms in total. The van der Waals surface area contributed by atoms with Crippen LogP contribution in [-0.4, -0.2) is 99.7 Å². The van der Waals surface area contributed by atoms with Crippen LogP contribution in [0.5, 0.6) is 5.75 Å². The SMILES string of the molecule is COc1cc(C)c(S(=O)(=O)N(C)CCOCC(=O)N2CCC(O)(CCC3=CN(C)CC=C3)CC2)c(C)c1. The van der Waals surface area contributed by atoms with E-state index in [2.05, 4.69) is 23.3 Å². The van der Waals surface area contributed by atoms with Gasteiger partial charge in [0.2, 0.25) is 15.9 Å². The van der Waals surface area contributed by atoms with Gasteiger partial charge in [0.15, 0.2) is 0 Å². The number of amides is 1. The topological polar surface area (TPSA) is 99.6 Å². The van der Waals surface area contributed by atoms with E-state index in [1.54, 1.807) is 38.0 Å². The minimum Gasteiger partial charge on any atom is -0.497 e. The molecule has 3 rings (SSSR count). The normalized spacial score (nSPS) is 17.8. The molecule has 1 aromatic carbocycles. The number of piperidine rings is 1. The van der Waals surface area contributed by atoms with E-state index in [9.17, 15) is 18.3 Å². The van der Waals surface area contributed by atoms with Gasteiger partial charge in [0.05, 0.1) is 24.2 Å². The Labute approximate surface area is 221 Å². The minimum atomic E-state index is -3.71. The van der Waals surface area contributed by atoms with E-state index in [0.29, 0.717) is 49.2 Å². The fourth-order valence-electron chi connectivity index (χ4n) is 4.85. The van der Waals surface area contributed by atoms with Crippen molar-refractivity contribution in [2.75, 3.05) is 60.6 Å². The molecule has 2 aliphatic rings. The third-order valence-corrected chi connectivity index (χ3v) is 9.31. The Bertz CT molecular complexity index is 1100. The molecule has 206 valence electrons. The molecule has 0 bridgehead atoms. The molecule has 1 N–H and O–H groups in total. The first-order valence-corrected chi connectivity index (χ1v) is 14.2. The first kappa shape index (κ1) is 29.2. The molecule has 37 heavy (non-hydrogen) atoms.